The van der Waals surface area contributed by atoms with Gasteiger partial charge in [0.25, 0.3) is 10.0 Å². The van der Waals surface area contributed by atoms with E-state index in [-0.39, 0.29) is 35.3 Å². The van der Waals surface area contributed by atoms with Crippen molar-refractivity contribution in [2.24, 2.45) is 11.7 Å². The highest BCUT2D eigenvalue weighted by Gasteiger charge is 2.32. The van der Waals surface area contributed by atoms with Crippen molar-refractivity contribution in [2.75, 3.05) is 54.9 Å². The number of benzene rings is 1. The van der Waals surface area contributed by atoms with Gasteiger partial charge in [0.05, 0.1) is 17.6 Å². The van der Waals surface area contributed by atoms with Crippen molar-refractivity contribution in [3.8, 4) is 0 Å². The van der Waals surface area contributed by atoms with E-state index < -0.39 is 10.0 Å². The van der Waals surface area contributed by atoms with Crippen LogP contribution in [0.1, 0.15) is 44.6 Å². The minimum Gasteiger partial charge on any atom is -0.381 e. The number of nitrogens with two attached hydrogens (primary N) is 1. The molecule has 2 aliphatic heterocycles. The third-order valence-electron chi connectivity index (χ3n) is 7.46. The number of hydrogen-bond acceptors (Lipinski definition) is 9. The molecule has 0 spiro atoms. The van der Waals surface area contributed by atoms with Crippen molar-refractivity contribution in [2.45, 2.75) is 56.1 Å². The van der Waals surface area contributed by atoms with E-state index in [2.05, 4.69) is 25.2 Å². The molecule has 1 aromatic heterocycles. The maximum absolute atomic E-state index is 15.1. The predicted molar refractivity (Wildman–Crippen MR) is 162 cm³/mol. The van der Waals surface area contributed by atoms with E-state index in [1.165, 1.54) is 16.4 Å². The van der Waals surface area contributed by atoms with Crippen LogP contribution in [0.4, 0.5) is 15.8 Å². The maximum atomic E-state index is 15.1. The quantitative estimate of drug-likeness (QED) is 0.381. The number of sulfonamides is 1. The summed E-state index contributed by atoms with van der Waals surface area (Å²) in [5.41, 5.74) is 8.12. The van der Waals surface area contributed by atoms with Crippen LogP contribution in [0.15, 0.2) is 41.6 Å². The van der Waals surface area contributed by atoms with Crippen LogP contribution >= 0.6 is 23.9 Å². The molecule has 3 heterocycles. The fourth-order valence-electron chi connectivity index (χ4n) is 5.23. The lowest BCUT2D eigenvalue weighted by Gasteiger charge is -2.36. The molecule has 0 radical (unpaired) electrons. The molecule has 2 saturated heterocycles. The second kappa shape index (κ2) is 13.4. The lowest BCUT2D eigenvalue weighted by molar-refractivity contribution is 0.303. The van der Waals surface area contributed by atoms with Crippen LogP contribution in [0.5, 0.6) is 0 Å². The highest BCUT2D eigenvalue weighted by atomic mass is 32.2. The van der Waals surface area contributed by atoms with Gasteiger partial charge in [-0.3, -0.25) is 12.9 Å². The third kappa shape index (κ3) is 7.39. The SMILES string of the molecule is CSN1CCC(Nc2ccc(S(=O)(=O)N(CC(C)C)c3ccc(F)c(C4CN(SC)CCC4N)c3)nc2)CC1. The molecule has 8 nitrogen and oxygen atoms in total. The Morgan fingerprint density at radius 2 is 1.79 bits per heavy atom. The second-order valence-electron chi connectivity index (χ2n) is 10.7. The number of hydrogen-bond donors (Lipinski definition) is 2. The number of halogens is 1. The normalized spacial score (nSPS) is 21.8. The first-order valence-electron chi connectivity index (χ1n) is 13.5. The molecule has 2 atom stereocenters. The van der Waals surface area contributed by atoms with Gasteiger partial charge in [0.15, 0.2) is 5.03 Å². The van der Waals surface area contributed by atoms with Crippen molar-refractivity contribution < 1.29 is 12.8 Å². The average molecular weight is 597 g/mol. The Hall–Kier alpha value is -1.57. The summed E-state index contributed by atoms with van der Waals surface area (Å²) >= 11 is 3.38. The lowest BCUT2D eigenvalue weighted by atomic mass is 9.87. The fraction of sp³-hybridized carbons (Fsp3) is 0.593. The summed E-state index contributed by atoms with van der Waals surface area (Å²) in [5, 5.41) is 3.47. The van der Waals surface area contributed by atoms with Crippen LogP contribution in [0.3, 0.4) is 0 Å². The number of piperidine rings is 2. The summed E-state index contributed by atoms with van der Waals surface area (Å²) in [6.45, 7) is 7.67. The fourth-order valence-corrected chi connectivity index (χ4v) is 7.94. The van der Waals surface area contributed by atoms with Crippen molar-refractivity contribution in [3.63, 3.8) is 0 Å². The Balaban J connectivity index is 1.58. The molecule has 2 aromatic rings. The van der Waals surface area contributed by atoms with Gasteiger partial charge in [0, 0.05) is 50.7 Å². The highest BCUT2D eigenvalue weighted by molar-refractivity contribution is 7.96. The van der Waals surface area contributed by atoms with Crippen molar-refractivity contribution in [1.82, 2.24) is 13.6 Å². The van der Waals surface area contributed by atoms with Gasteiger partial charge in [-0.2, -0.15) is 8.42 Å². The molecule has 0 amide bonds. The van der Waals surface area contributed by atoms with E-state index in [9.17, 15) is 8.42 Å². The summed E-state index contributed by atoms with van der Waals surface area (Å²) in [4.78, 5) is 4.35. The summed E-state index contributed by atoms with van der Waals surface area (Å²) in [6, 6.07) is 8.05. The lowest BCUT2D eigenvalue weighted by Crippen LogP contribution is -2.43. The first-order chi connectivity index (χ1) is 18.6. The van der Waals surface area contributed by atoms with E-state index in [1.807, 2.05) is 20.1 Å². The Morgan fingerprint density at radius 3 is 2.41 bits per heavy atom. The zero-order chi connectivity index (χ0) is 28.2. The van der Waals surface area contributed by atoms with Gasteiger partial charge in [0.2, 0.25) is 0 Å². The molecule has 3 N–H and O–H groups in total. The van der Waals surface area contributed by atoms with E-state index in [0.717, 1.165) is 44.6 Å². The average Bonchev–Trinajstić information content (AvgIpc) is 2.93. The van der Waals surface area contributed by atoms with Crippen molar-refractivity contribution in [1.29, 1.82) is 0 Å². The van der Waals surface area contributed by atoms with Gasteiger partial charge >= 0.3 is 0 Å². The summed E-state index contributed by atoms with van der Waals surface area (Å²) < 4.78 is 48.7. The molecule has 2 aliphatic rings. The summed E-state index contributed by atoms with van der Waals surface area (Å²) in [6.07, 6.45) is 8.49. The monoisotopic (exact) mass is 596 g/mol. The van der Waals surface area contributed by atoms with E-state index in [0.29, 0.717) is 23.8 Å². The maximum Gasteiger partial charge on any atom is 0.281 e. The van der Waals surface area contributed by atoms with Gasteiger partial charge in [-0.1, -0.05) is 37.7 Å². The first kappa shape index (κ1) is 30.4. The van der Waals surface area contributed by atoms with E-state index >= 15 is 4.39 Å². The second-order valence-corrected chi connectivity index (χ2v) is 14.3. The van der Waals surface area contributed by atoms with Crippen LogP contribution in [-0.4, -0.2) is 79.3 Å². The Labute approximate surface area is 241 Å². The minimum atomic E-state index is -3.98. The van der Waals surface area contributed by atoms with Crippen LogP contribution in [0.2, 0.25) is 0 Å². The molecule has 2 fully saturated rings. The molecule has 216 valence electrons. The molecule has 0 saturated carbocycles. The number of aromatic nitrogens is 1. The Kier molecular flexibility index (Phi) is 10.4. The number of nitrogens with zero attached hydrogens (tertiary/aromatic N) is 4. The number of anilines is 2. The molecule has 12 heteroatoms. The molecule has 2 unspecified atom stereocenters. The minimum absolute atomic E-state index is 0.0281. The predicted octanol–water partition coefficient (Wildman–Crippen LogP) is 4.62. The van der Waals surface area contributed by atoms with Crippen LogP contribution in [0.25, 0.3) is 0 Å². The molecular weight excluding hydrogens is 556 g/mol. The van der Waals surface area contributed by atoms with E-state index in [4.69, 9.17) is 5.73 Å². The van der Waals surface area contributed by atoms with Crippen LogP contribution in [-0.2, 0) is 10.0 Å². The van der Waals surface area contributed by atoms with Gasteiger partial charge in [-0.25, -0.2) is 9.37 Å². The third-order valence-corrected chi connectivity index (χ3v) is 10.9. The summed E-state index contributed by atoms with van der Waals surface area (Å²) in [7, 11) is -3.98. The Bertz CT molecular complexity index is 1190. The number of pyridine rings is 1. The van der Waals surface area contributed by atoms with Gasteiger partial charge in [0.1, 0.15) is 5.82 Å². The largest absolute Gasteiger partial charge is 0.381 e. The van der Waals surface area contributed by atoms with Gasteiger partial charge in [-0.15, -0.1) is 0 Å². The zero-order valence-electron chi connectivity index (χ0n) is 23.2. The molecular formula is C27H41FN6O2S3. The summed E-state index contributed by atoms with van der Waals surface area (Å²) in [5.74, 6) is -0.535. The molecule has 0 bridgehead atoms. The van der Waals surface area contributed by atoms with Crippen LogP contribution in [0, 0.1) is 11.7 Å². The molecule has 39 heavy (non-hydrogen) atoms. The van der Waals surface area contributed by atoms with Gasteiger partial charge < -0.3 is 11.1 Å². The topological polar surface area (TPSA) is 94.8 Å². The standard InChI is InChI=1S/C27H41FN6O2S3/c1-19(2)17-34(22-6-7-25(28)23(15-22)24-18-33(38-4)14-11-26(24)29)39(35,36)27-8-5-21(16-30-27)31-20-9-12-32(37-3)13-10-20/h5-8,15-16,19-20,24,26,31H,9-14,17-18,29H2,1-4H3. The number of rotatable bonds is 10. The van der Waals surface area contributed by atoms with Crippen molar-refractivity contribution in [3.05, 3.63) is 47.9 Å². The van der Waals surface area contributed by atoms with Gasteiger partial charge in [-0.05, 0) is 73.6 Å². The molecule has 0 aliphatic carbocycles. The molecule has 4 rings (SSSR count). The smallest absolute Gasteiger partial charge is 0.281 e. The van der Waals surface area contributed by atoms with E-state index in [1.54, 1.807) is 48.3 Å². The Morgan fingerprint density at radius 1 is 1.10 bits per heavy atom. The highest BCUT2D eigenvalue weighted by Crippen LogP contribution is 2.34. The number of nitrogens with one attached hydrogen (secondary N) is 1. The van der Waals surface area contributed by atoms with Crippen LogP contribution < -0.4 is 15.4 Å². The first-order valence-corrected chi connectivity index (χ1v) is 17.3. The zero-order valence-corrected chi connectivity index (χ0v) is 25.7. The molecule has 1 aromatic carbocycles. The van der Waals surface area contributed by atoms with Crippen molar-refractivity contribution >= 4 is 45.3 Å².